The van der Waals surface area contributed by atoms with Gasteiger partial charge in [0.25, 0.3) is 0 Å². The van der Waals surface area contributed by atoms with Crippen LogP contribution in [0.2, 0.25) is 39.3 Å². The maximum atomic E-state index is 6.20. The molecule has 0 saturated carbocycles. The van der Waals surface area contributed by atoms with Gasteiger partial charge in [-0.15, -0.1) is 0 Å². The van der Waals surface area contributed by atoms with Crippen LogP contribution in [-0.2, 0) is 19.7 Å². The van der Waals surface area contributed by atoms with Crippen molar-refractivity contribution in [3.05, 3.63) is 46.5 Å². The summed E-state index contributed by atoms with van der Waals surface area (Å²) in [6, 6.07) is 8.20. The fraction of sp³-hybridized carbons (Fsp3) is 0.562. The van der Waals surface area contributed by atoms with Gasteiger partial charge in [-0.2, -0.15) is 0 Å². The summed E-state index contributed by atoms with van der Waals surface area (Å²) in [4.78, 5) is 10.6. The molecule has 0 bridgehead atoms. The van der Waals surface area contributed by atoms with Crippen LogP contribution in [0, 0.1) is 27.7 Å². The molecule has 0 aliphatic heterocycles. The van der Waals surface area contributed by atoms with Crippen molar-refractivity contribution in [3.8, 4) is 11.5 Å². The average molecular weight is 803 g/mol. The minimum atomic E-state index is -1.60. The monoisotopic (exact) mass is 800 g/mol. The number of nitrogens with zero attached hydrogens (tertiary/aromatic N) is 2. The predicted octanol–water partition coefficient (Wildman–Crippen LogP) is 10.7. The van der Waals surface area contributed by atoms with E-state index in [1.54, 1.807) is 14.2 Å². The Balaban J connectivity index is 0.00000295. The third-order valence-corrected chi connectivity index (χ3v) is 8.55. The molecule has 0 atom stereocenters. The molecule has 11 heteroatoms. The van der Waals surface area contributed by atoms with Crippen molar-refractivity contribution in [2.45, 2.75) is 92.7 Å². The number of methoxy groups -OCH3 is 2. The molecule has 0 radical (unpaired) electrons. The first-order chi connectivity index (χ1) is 20.0. The Kier molecular flexibility index (Phi) is 18.4. The summed E-state index contributed by atoms with van der Waals surface area (Å²) >= 11 is 6.00. The van der Waals surface area contributed by atoms with E-state index in [0.717, 1.165) is 95.4 Å². The summed E-state index contributed by atoms with van der Waals surface area (Å²) in [7, 11) is 1.46. The third kappa shape index (κ3) is 15.8. The molecule has 0 unspecified atom stereocenters. The van der Waals surface area contributed by atoms with Crippen molar-refractivity contribution in [1.29, 1.82) is 0 Å². The Bertz CT molecular complexity index is 1090. The summed E-state index contributed by atoms with van der Waals surface area (Å²) in [6.45, 7) is 23.2. The van der Waals surface area contributed by atoms with E-state index in [9.17, 15) is 0 Å². The molecule has 2 aromatic carbocycles. The Morgan fingerprint density at radius 2 is 0.907 bits per heavy atom. The van der Waals surface area contributed by atoms with Gasteiger partial charge in [-0.05, 0) is 139 Å². The van der Waals surface area contributed by atoms with Crippen molar-refractivity contribution >= 4 is 67.9 Å². The van der Waals surface area contributed by atoms with Gasteiger partial charge in [0.2, 0.25) is 0 Å². The molecular weight excluding hydrogens is 751 g/mol. The van der Waals surface area contributed by atoms with E-state index >= 15 is 0 Å². The number of rotatable bonds is 15. The number of hydrogen-bond donors (Lipinski definition) is 0. The molecule has 0 aliphatic carbocycles. The fourth-order valence-corrected chi connectivity index (χ4v) is 5.97. The van der Waals surface area contributed by atoms with E-state index in [4.69, 9.17) is 28.3 Å². The van der Waals surface area contributed by atoms with Crippen LogP contribution < -0.4 is 9.47 Å². The summed E-state index contributed by atoms with van der Waals surface area (Å²) in [5.74, 6) is 1.70. The first kappa shape index (κ1) is 40.2. The van der Waals surface area contributed by atoms with Crippen molar-refractivity contribution < 1.29 is 29.2 Å². The summed E-state index contributed by atoms with van der Waals surface area (Å²) in [6.07, 6.45) is 3.36. The second kappa shape index (κ2) is 19.6. The normalized spacial score (nSPS) is 12.7. The van der Waals surface area contributed by atoms with Crippen molar-refractivity contribution in [3.63, 3.8) is 0 Å². The summed E-state index contributed by atoms with van der Waals surface area (Å²) in [5, 5.41) is 0. The molecule has 0 spiro atoms. The van der Waals surface area contributed by atoms with E-state index in [1.165, 1.54) is 10.9 Å². The van der Waals surface area contributed by atoms with Crippen LogP contribution in [0.5, 0.6) is 11.5 Å². The van der Waals surface area contributed by atoms with Gasteiger partial charge in [-0.25, -0.2) is 0 Å². The van der Waals surface area contributed by atoms with Gasteiger partial charge in [0.05, 0.1) is 37.0 Å². The maximum absolute atomic E-state index is 6.20. The SMILES string of the molecule is COc1cc(C)c(N=C(CCCO[Si](C)(C)C)C(CCCO[Si](C)(C)C)=Nc2c(C)cc(OC)cc2C)c(C)c1.[Br][Ni][Br]. The van der Waals surface area contributed by atoms with E-state index in [0.29, 0.717) is 0 Å². The molecule has 0 N–H and O–H groups in total. The van der Waals surface area contributed by atoms with Crippen LogP contribution in [-0.4, -0.2) is 55.5 Å². The van der Waals surface area contributed by atoms with E-state index in [-0.39, 0.29) is 0 Å². The van der Waals surface area contributed by atoms with Gasteiger partial charge in [0, 0.05) is 13.2 Å². The first-order valence-corrected chi connectivity index (χ1v) is 26.3. The van der Waals surface area contributed by atoms with Crippen molar-refractivity contribution in [1.82, 2.24) is 0 Å². The van der Waals surface area contributed by atoms with Gasteiger partial charge in [-0.1, -0.05) is 0 Å². The van der Waals surface area contributed by atoms with Crippen LogP contribution in [0.15, 0.2) is 34.3 Å². The van der Waals surface area contributed by atoms with E-state index in [1.807, 2.05) is 24.3 Å². The van der Waals surface area contributed by atoms with Crippen LogP contribution in [0.1, 0.15) is 47.9 Å². The molecule has 0 aromatic heterocycles. The second-order valence-electron chi connectivity index (χ2n) is 12.5. The van der Waals surface area contributed by atoms with E-state index in [2.05, 4.69) is 95.4 Å². The zero-order valence-electron chi connectivity index (χ0n) is 28.2. The molecule has 2 rings (SSSR count). The number of hydrogen-bond acceptors (Lipinski definition) is 6. The summed E-state index contributed by atoms with van der Waals surface area (Å²) in [5.41, 5.74) is 8.34. The topological polar surface area (TPSA) is 61.6 Å². The van der Waals surface area contributed by atoms with E-state index < -0.39 is 16.6 Å². The number of halogens is 2. The molecule has 0 aliphatic rings. The van der Waals surface area contributed by atoms with Crippen molar-refractivity contribution in [2.24, 2.45) is 9.98 Å². The third-order valence-electron chi connectivity index (χ3n) is 6.41. The van der Waals surface area contributed by atoms with Gasteiger partial charge in [0.1, 0.15) is 11.5 Å². The Hall–Kier alpha value is -0.813. The molecule has 0 saturated heterocycles. The van der Waals surface area contributed by atoms with Gasteiger partial charge in [-0.3, -0.25) is 9.98 Å². The zero-order chi connectivity index (χ0) is 32.8. The molecule has 0 amide bonds. The van der Waals surface area contributed by atoms with Crippen molar-refractivity contribution in [2.75, 3.05) is 27.4 Å². The molecular formula is C32H52Br2N2NiO4Si2. The summed E-state index contributed by atoms with van der Waals surface area (Å²) < 4.78 is 23.4. The quantitative estimate of drug-likeness (QED) is 0.102. The van der Waals surface area contributed by atoms with Crippen LogP contribution in [0.25, 0.3) is 0 Å². The molecule has 2 aromatic rings. The molecule has 6 nitrogen and oxygen atoms in total. The Morgan fingerprint density at radius 3 is 1.14 bits per heavy atom. The average Bonchev–Trinajstić information content (AvgIpc) is 2.89. The Morgan fingerprint density at radius 1 is 0.628 bits per heavy atom. The van der Waals surface area contributed by atoms with Gasteiger partial charge < -0.3 is 18.3 Å². The number of benzene rings is 2. The number of aryl methyl sites for hydroxylation is 4. The van der Waals surface area contributed by atoms with Gasteiger partial charge in [0.15, 0.2) is 16.6 Å². The predicted molar refractivity (Wildman–Crippen MR) is 194 cm³/mol. The zero-order valence-corrected chi connectivity index (χ0v) is 34.3. The Labute approximate surface area is 283 Å². The molecule has 246 valence electrons. The molecule has 43 heavy (non-hydrogen) atoms. The second-order valence-corrected chi connectivity index (χ2v) is 26.5. The van der Waals surface area contributed by atoms with Crippen LogP contribution in [0.3, 0.4) is 0 Å². The first-order valence-electron chi connectivity index (χ1n) is 14.6. The standard InChI is InChI=1S/C32H52N2O4Si2.2BrH.Ni/c1-23-19-27(35-5)20-24(2)31(23)33-29(15-13-17-37-39(7,8)9)30(16-14-18-38-40(10,11)12)34-32-25(3)21-28(36-6)22-26(32)4;;;/h19-22H,13-18H2,1-12H3;2*1H;/q;;;+2/p-2. The van der Waals surface area contributed by atoms with Gasteiger partial charge >= 0.3 is 39.3 Å². The van der Waals surface area contributed by atoms with Crippen LogP contribution >= 0.6 is 28.5 Å². The molecule has 0 fully saturated rings. The number of ether oxygens (including phenoxy) is 2. The number of aliphatic imine (C=N–C) groups is 2. The fourth-order valence-electron chi connectivity index (χ4n) is 4.46. The minimum absolute atomic E-state index is 0.724. The molecule has 0 heterocycles. The van der Waals surface area contributed by atoms with Crippen LogP contribution in [0.4, 0.5) is 11.4 Å².